The fourth-order valence-corrected chi connectivity index (χ4v) is 6.43. The smallest absolute Gasteiger partial charge is 0.357 e. The number of benzene rings is 1. The van der Waals surface area contributed by atoms with Gasteiger partial charge in [-0.2, -0.15) is 13.2 Å². The van der Waals surface area contributed by atoms with Crippen molar-refractivity contribution in [3.8, 4) is 0 Å². The fourth-order valence-electron chi connectivity index (χ4n) is 6.43. The van der Waals surface area contributed by atoms with Crippen LogP contribution in [0.2, 0.25) is 0 Å². The average Bonchev–Trinajstić information content (AvgIpc) is 2.91. The van der Waals surface area contributed by atoms with Gasteiger partial charge < -0.3 is 4.98 Å². The molecule has 4 saturated carbocycles. The zero-order valence-electron chi connectivity index (χ0n) is 13.8. The Balaban J connectivity index is 1.73. The van der Waals surface area contributed by atoms with Crippen LogP contribution in [0, 0.1) is 17.8 Å². The number of carbonyl (C=O) groups excluding carboxylic acids is 1. The highest BCUT2D eigenvalue weighted by molar-refractivity contribution is 6.00. The lowest BCUT2D eigenvalue weighted by atomic mass is 9.48. The minimum Gasteiger partial charge on any atom is -0.357 e. The van der Waals surface area contributed by atoms with Gasteiger partial charge in [0.2, 0.25) is 0 Å². The van der Waals surface area contributed by atoms with Gasteiger partial charge in [0, 0.05) is 22.1 Å². The molecular formula is C20H20F3NO. The van der Waals surface area contributed by atoms with Crippen LogP contribution in [0.15, 0.2) is 18.2 Å². The maximum Gasteiger partial charge on any atom is 0.418 e. The maximum absolute atomic E-state index is 13.4. The summed E-state index contributed by atoms with van der Waals surface area (Å²) >= 11 is 0. The first-order valence-corrected chi connectivity index (χ1v) is 9.07. The van der Waals surface area contributed by atoms with Crippen molar-refractivity contribution in [3.05, 3.63) is 35.0 Å². The average molecular weight is 347 g/mol. The number of H-pyrrole nitrogens is 1. The summed E-state index contributed by atoms with van der Waals surface area (Å²) in [7, 11) is 0. The van der Waals surface area contributed by atoms with Crippen molar-refractivity contribution in [1.82, 2.24) is 4.98 Å². The molecule has 0 unspecified atom stereocenters. The first-order chi connectivity index (χ1) is 11.9. The third-order valence-electron chi connectivity index (χ3n) is 6.87. The van der Waals surface area contributed by atoms with E-state index < -0.39 is 11.7 Å². The molecule has 1 N–H and O–H groups in total. The van der Waals surface area contributed by atoms with Gasteiger partial charge in [-0.05, 0) is 62.3 Å². The van der Waals surface area contributed by atoms with Crippen LogP contribution in [0.5, 0.6) is 0 Å². The molecule has 0 spiro atoms. The van der Waals surface area contributed by atoms with Gasteiger partial charge in [-0.3, -0.25) is 4.79 Å². The molecule has 0 atom stereocenters. The summed E-state index contributed by atoms with van der Waals surface area (Å²) < 4.78 is 40.2. The van der Waals surface area contributed by atoms with Gasteiger partial charge in [0.15, 0.2) is 6.29 Å². The molecule has 25 heavy (non-hydrogen) atoms. The first kappa shape index (κ1) is 15.5. The molecule has 4 aliphatic carbocycles. The van der Waals surface area contributed by atoms with Crippen LogP contribution in [-0.2, 0) is 11.6 Å². The van der Waals surface area contributed by atoms with Gasteiger partial charge in [-0.15, -0.1) is 0 Å². The molecule has 1 heterocycles. The molecule has 0 saturated heterocycles. The molecule has 132 valence electrons. The Kier molecular flexibility index (Phi) is 3.03. The van der Waals surface area contributed by atoms with Crippen LogP contribution in [0.3, 0.4) is 0 Å². The number of rotatable bonds is 2. The molecule has 4 aliphatic rings. The van der Waals surface area contributed by atoms with Crippen molar-refractivity contribution in [2.24, 2.45) is 17.8 Å². The van der Waals surface area contributed by atoms with Crippen LogP contribution in [0.1, 0.15) is 60.1 Å². The highest BCUT2D eigenvalue weighted by atomic mass is 19.4. The van der Waals surface area contributed by atoms with Crippen molar-refractivity contribution in [1.29, 1.82) is 0 Å². The van der Waals surface area contributed by atoms with E-state index in [1.54, 1.807) is 6.07 Å². The number of aromatic nitrogens is 1. The second kappa shape index (κ2) is 4.89. The summed E-state index contributed by atoms with van der Waals surface area (Å²) in [5, 5.41) is 0.413. The Morgan fingerprint density at radius 2 is 1.64 bits per heavy atom. The fraction of sp³-hybridized carbons (Fsp3) is 0.550. The van der Waals surface area contributed by atoms with E-state index in [0.29, 0.717) is 28.7 Å². The van der Waals surface area contributed by atoms with Gasteiger partial charge in [0.1, 0.15) is 0 Å². The minimum absolute atomic E-state index is 0.0721. The van der Waals surface area contributed by atoms with E-state index >= 15 is 0 Å². The van der Waals surface area contributed by atoms with E-state index in [0.717, 1.165) is 37.3 Å². The van der Waals surface area contributed by atoms with E-state index in [4.69, 9.17) is 0 Å². The zero-order chi connectivity index (χ0) is 17.4. The Bertz CT molecular complexity index is 828. The molecule has 0 radical (unpaired) electrons. The van der Waals surface area contributed by atoms with Gasteiger partial charge in [0.05, 0.1) is 11.1 Å². The quantitative estimate of drug-likeness (QED) is 0.718. The van der Waals surface area contributed by atoms with Crippen molar-refractivity contribution in [2.75, 3.05) is 0 Å². The van der Waals surface area contributed by atoms with Crippen LogP contribution in [0.4, 0.5) is 13.2 Å². The number of para-hydroxylation sites is 1. The summed E-state index contributed by atoms with van der Waals surface area (Å²) in [6.45, 7) is 0. The van der Waals surface area contributed by atoms with Gasteiger partial charge >= 0.3 is 6.18 Å². The Morgan fingerprint density at radius 3 is 2.16 bits per heavy atom. The standard InChI is InChI=1S/C20H20F3NO/c21-20(22,23)16-3-1-2-14-15(10-25)18(24-17(14)16)19-7-11-4-12(8-19)6-13(5-11)9-19/h1-3,10-13,24H,4-9H2. The molecule has 1 aromatic carbocycles. The molecule has 2 nitrogen and oxygen atoms in total. The van der Waals surface area contributed by atoms with Crippen LogP contribution in [-0.4, -0.2) is 11.3 Å². The van der Waals surface area contributed by atoms with E-state index in [2.05, 4.69) is 4.98 Å². The number of carbonyl (C=O) groups is 1. The predicted octanol–water partition coefficient (Wildman–Crippen LogP) is 5.47. The Labute approximate surface area is 143 Å². The van der Waals surface area contributed by atoms with E-state index in [1.807, 2.05) is 0 Å². The molecule has 2 aromatic rings. The van der Waals surface area contributed by atoms with Gasteiger partial charge in [-0.25, -0.2) is 0 Å². The zero-order valence-corrected chi connectivity index (χ0v) is 13.8. The second-order valence-electron chi connectivity index (χ2n) is 8.46. The van der Waals surface area contributed by atoms with Crippen LogP contribution < -0.4 is 0 Å². The molecule has 6 rings (SSSR count). The number of hydrogen-bond donors (Lipinski definition) is 1. The topological polar surface area (TPSA) is 32.9 Å². The van der Waals surface area contributed by atoms with E-state index in [1.165, 1.54) is 25.3 Å². The molecule has 4 bridgehead atoms. The lowest BCUT2D eigenvalue weighted by Gasteiger charge is -2.56. The molecule has 0 amide bonds. The number of aromatic amines is 1. The summed E-state index contributed by atoms with van der Waals surface area (Å²) in [6.07, 6.45) is 3.11. The SMILES string of the molecule is O=Cc1c(C23CC4CC(CC(C4)C2)C3)[nH]c2c(C(F)(F)F)cccc12. The number of halogens is 3. The highest BCUT2D eigenvalue weighted by Crippen LogP contribution is 2.61. The van der Waals surface area contributed by atoms with E-state index in [9.17, 15) is 18.0 Å². The predicted molar refractivity (Wildman–Crippen MR) is 88.5 cm³/mol. The summed E-state index contributed by atoms with van der Waals surface area (Å²) in [6, 6.07) is 4.13. The second-order valence-corrected chi connectivity index (χ2v) is 8.46. The maximum atomic E-state index is 13.4. The lowest BCUT2D eigenvalue weighted by Crippen LogP contribution is -2.49. The minimum atomic E-state index is -4.43. The Morgan fingerprint density at radius 1 is 1.04 bits per heavy atom. The molecular weight excluding hydrogens is 327 g/mol. The third kappa shape index (κ3) is 2.14. The van der Waals surface area contributed by atoms with Crippen molar-refractivity contribution in [3.63, 3.8) is 0 Å². The van der Waals surface area contributed by atoms with Gasteiger partial charge in [-0.1, -0.05) is 12.1 Å². The van der Waals surface area contributed by atoms with Crippen LogP contribution in [0.25, 0.3) is 10.9 Å². The van der Waals surface area contributed by atoms with E-state index in [-0.39, 0.29) is 10.9 Å². The lowest BCUT2D eigenvalue weighted by molar-refractivity contribution is -0.136. The third-order valence-corrected chi connectivity index (χ3v) is 6.87. The number of hydrogen-bond acceptors (Lipinski definition) is 1. The van der Waals surface area contributed by atoms with Crippen molar-refractivity contribution >= 4 is 17.2 Å². The molecule has 1 aromatic heterocycles. The van der Waals surface area contributed by atoms with Crippen molar-refractivity contribution < 1.29 is 18.0 Å². The Hall–Kier alpha value is -1.78. The number of fused-ring (bicyclic) bond motifs is 1. The number of aldehydes is 1. The number of nitrogens with one attached hydrogen (secondary N) is 1. The number of alkyl halides is 3. The van der Waals surface area contributed by atoms with Crippen LogP contribution >= 0.6 is 0 Å². The highest BCUT2D eigenvalue weighted by Gasteiger charge is 2.53. The molecule has 5 heteroatoms. The first-order valence-electron chi connectivity index (χ1n) is 9.07. The monoisotopic (exact) mass is 347 g/mol. The summed E-state index contributed by atoms with van der Waals surface area (Å²) in [4.78, 5) is 15.0. The largest absolute Gasteiger partial charge is 0.418 e. The van der Waals surface area contributed by atoms with Gasteiger partial charge in [0.25, 0.3) is 0 Å². The summed E-state index contributed by atoms with van der Waals surface area (Å²) in [5.74, 6) is 2.00. The van der Waals surface area contributed by atoms with Crippen molar-refractivity contribution in [2.45, 2.75) is 50.1 Å². The molecule has 0 aliphatic heterocycles. The normalized spacial score (nSPS) is 34.0. The summed E-state index contributed by atoms with van der Waals surface area (Å²) in [5.41, 5.74) is 0.482. The molecule has 4 fully saturated rings.